The first kappa shape index (κ1) is 19.1. The van der Waals surface area contributed by atoms with E-state index in [1.54, 1.807) is 0 Å². The van der Waals surface area contributed by atoms with Crippen molar-refractivity contribution < 1.29 is 9.78 Å². The van der Waals surface area contributed by atoms with Gasteiger partial charge in [-0.2, -0.15) is 0 Å². The van der Waals surface area contributed by atoms with Gasteiger partial charge in [0, 0.05) is 12.0 Å². The van der Waals surface area contributed by atoms with E-state index < -0.39 is 0 Å². The highest BCUT2D eigenvalue weighted by molar-refractivity contribution is 7.99. The molecule has 2 aliphatic rings. The highest BCUT2D eigenvalue weighted by atomic mass is 32.2. The summed E-state index contributed by atoms with van der Waals surface area (Å²) in [5, 5.41) is 5.38. The van der Waals surface area contributed by atoms with Crippen molar-refractivity contribution in [3.05, 3.63) is 60.6 Å². The number of H-pyrrole nitrogens is 1. The van der Waals surface area contributed by atoms with E-state index in [4.69, 9.17) is 10.1 Å². The summed E-state index contributed by atoms with van der Waals surface area (Å²) >= 11 is 1.44. The van der Waals surface area contributed by atoms with Gasteiger partial charge in [-0.3, -0.25) is 9.69 Å². The van der Waals surface area contributed by atoms with E-state index in [1.165, 1.54) is 11.8 Å². The summed E-state index contributed by atoms with van der Waals surface area (Å²) < 4.78 is 1.94. The number of carbonyl (C=O) groups is 1. The number of hydrogen-bond donors (Lipinski definition) is 0. The maximum Gasteiger partial charge on any atom is 0.274 e. The first-order chi connectivity index (χ1) is 14.8. The average Bonchev–Trinajstić information content (AvgIpc) is 3.58. The summed E-state index contributed by atoms with van der Waals surface area (Å²) in [4.78, 5) is 25.0. The number of nitrogens with one attached hydrogen (secondary N) is 1. The van der Waals surface area contributed by atoms with Crippen LogP contribution < -0.4 is 9.88 Å². The number of hydrogen-bond acceptors (Lipinski definition) is 5. The third-order valence-corrected chi connectivity index (χ3v) is 6.37. The Morgan fingerprint density at radius 2 is 1.80 bits per heavy atom. The highest BCUT2D eigenvalue weighted by Crippen LogP contribution is 2.40. The second-order valence-corrected chi connectivity index (χ2v) is 8.62. The topological polar surface area (TPSA) is 68.4 Å². The van der Waals surface area contributed by atoms with Crippen molar-refractivity contribution in [1.82, 2.24) is 19.7 Å². The quantitative estimate of drug-likeness (QED) is 0.572. The molecule has 1 aliphatic heterocycles. The lowest BCUT2D eigenvalue weighted by Gasteiger charge is -2.30. The van der Waals surface area contributed by atoms with E-state index in [-0.39, 0.29) is 5.91 Å². The second kappa shape index (κ2) is 8.47. The zero-order valence-electron chi connectivity index (χ0n) is 16.8. The molecule has 1 saturated carbocycles. The van der Waals surface area contributed by atoms with E-state index >= 15 is 0 Å². The van der Waals surface area contributed by atoms with Crippen LogP contribution in [0.5, 0.6) is 0 Å². The van der Waals surface area contributed by atoms with Crippen LogP contribution in [-0.4, -0.2) is 57.5 Å². The maximum absolute atomic E-state index is 12.7. The molecule has 8 heteroatoms. The Balaban J connectivity index is 1.19. The number of pyridine rings is 1. The second-order valence-electron chi connectivity index (χ2n) is 7.68. The molecule has 1 saturated heterocycles. The Morgan fingerprint density at radius 1 is 1.03 bits per heavy atom. The van der Waals surface area contributed by atoms with Crippen LogP contribution in [0.2, 0.25) is 0 Å². The number of rotatable bonds is 6. The summed E-state index contributed by atoms with van der Waals surface area (Å²) in [5.41, 5.74) is 1.03. The fraction of sp³-hybridized carbons (Fsp3) is 0.364. The van der Waals surface area contributed by atoms with Gasteiger partial charge in [0.2, 0.25) is 11.1 Å². The largest absolute Gasteiger partial charge is 0.334 e. The highest BCUT2D eigenvalue weighted by Gasteiger charge is 2.31. The number of amides is 1. The summed E-state index contributed by atoms with van der Waals surface area (Å²) in [7, 11) is 0. The van der Waals surface area contributed by atoms with Crippen LogP contribution in [-0.2, 0) is 4.79 Å². The van der Waals surface area contributed by atoms with Crippen molar-refractivity contribution in [3.63, 3.8) is 0 Å². The van der Waals surface area contributed by atoms with Crippen LogP contribution in [0.15, 0.2) is 59.9 Å². The predicted octanol–water partition coefficient (Wildman–Crippen LogP) is 2.40. The number of thioether (sulfide) groups is 1. The monoisotopic (exact) mass is 421 g/mol. The van der Waals surface area contributed by atoms with Gasteiger partial charge in [-0.15, -0.1) is 5.10 Å². The van der Waals surface area contributed by atoms with Gasteiger partial charge in [-0.05, 0) is 31.0 Å². The molecule has 3 aromatic rings. The number of aromatic amines is 1. The zero-order valence-corrected chi connectivity index (χ0v) is 17.6. The maximum atomic E-state index is 12.7. The molecule has 0 unspecified atom stereocenters. The van der Waals surface area contributed by atoms with Crippen LogP contribution in [0.4, 0.5) is 5.82 Å². The lowest BCUT2D eigenvalue weighted by Crippen LogP contribution is -2.50. The molecule has 0 radical (unpaired) electrons. The number of benzene rings is 1. The molecule has 1 aromatic carbocycles. The van der Waals surface area contributed by atoms with Crippen LogP contribution in [0.3, 0.4) is 0 Å². The fourth-order valence-electron chi connectivity index (χ4n) is 3.73. The van der Waals surface area contributed by atoms with Gasteiger partial charge in [0.15, 0.2) is 0 Å². The molecular formula is C22H25N6OS+. The standard InChI is InChI=1S/C22H24N6OS/c29-20(27-14-12-26(13-15-27)19-8-4-5-11-23-19)16-30-22-24-21(17-9-10-17)28(25-22)18-6-2-1-3-7-18/h1-8,11,17H,9-10,12-16H2/p+1. The molecule has 7 nitrogen and oxygen atoms in total. The third-order valence-electron chi connectivity index (χ3n) is 5.55. The van der Waals surface area contributed by atoms with Gasteiger partial charge in [0.25, 0.3) is 5.82 Å². The molecule has 0 spiro atoms. The minimum atomic E-state index is 0.153. The first-order valence-electron chi connectivity index (χ1n) is 10.4. The molecule has 1 N–H and O–H groups in total. The lowest BCUT2D eigenvalue weighted by atomic mass is 10.3. The van der Waals surface area contributed by atoms with E-state index in [2.05, 4.69) is 16.0 Å². The number of nitrogens with zero attached hydrogens (tertiary/aromatic N) is 5. The van der Waals surface area contributed by atoms with Crippen LogP contribution in [0.1, 0.15) is 24.6 Å². The summed E-state index contributed by atoms with van der Waals surface area (Å²) in [5.74, 6) is 3.14. The van der Waals surface area contributed by atoms with Crippen LogP contribution in [0, 0.1) is 0 Å². The molecule has 30 heavy (non-hydrogen) atoms. The molecule has 2 fully saturated rings. The molecular weight excluding hydrogens is 396 g/mol. The molecule has 0 atom stereocenters. The molecule has 2 aromatic heterocycles. The summed E-state index contributed by atoms with van der Waals surface area (Å²) in [6.45, 7) is 3.15. The molecule has 154 valence electrons. The number of carbonyl (C=O) groups excluding carboxylic acids is 1. The fourth-order valence-corrected chi connectivity index (χ4v) is 4.46. The van der Waals surface area contributed by atoms with Gasteiger partial charge in [0.05, 0.1) is 30.7 Å². The molecule has 1 aliphatic carbocycles. The van der Waals surface area contributed by atoms with Gasteiger partial charge < -0.3 is 4.90 Å². The van der Waals surface area contributed by atoms with E-state index in [9.17, 15) is 4.79 Å². The Bertz CT molecular complexity index is 997. The van der Waals surface area contributed by atoms with Gasteiger partial charge in [-0.25, -0.2) is 14.6 Å². The average molecular weight is 422 g/mol. The smallest absolute Gasteiger partial charge is 0.274 e. The van der Waals surface area contributed by atoms with Gasteiger partial charge in [-0.1, -0.05) is 36.0 Å². The van der Waals surface area contributed by atoms with Gasteiger partial charge >= 0.3 is 0 Å². The van der Waals surface area contributed by atoms with E-state index in [0.29, 0.717) is 16.8 Å². The van der Waals surface area contributed by atoms with Crippen molar-refractivity contribution in [1.29, 1.82) is 0 Å². The Labute approximate surface area is 180 Å². The third kappa shape index (κ3) is 4.18. The molecule has 5 rings (SSSR count). The van der Waals surface area contributed by atoms with E-state index in [1.807, 2.05) is 58.2 Å². The van der Waals surface area contributed by atoms with Crippen molar-refractivity contribution in [2.45, 2.75) is 23.9 Å². The Hall–Kier alpha value is -2.87. The molecule has 0 bridgehead atoms. The minimum Gasteiger partial charge on any atom is -0.334 e. The summed E-state index contributed by atoms with van der Waals surface area (Å²) in [6.07, 6.45) is 4.26. The first-order valence-corrected chi connectivity index (χ1v) is 11.4. The Morgan fingerprint density at radius 3 is 2.50 bits per heavy atom. The minimum absolute atomic E-state index is 0.153. The normalized spacial score (nSPS) is 16.7. The van der Waals surface area contributed by atoms with Crippen molar-refractivity contribution in [2.75, 3.05) is 36.8 Å². The number of piperazine rings is 1. The number of para-hydroxylation sites is 1. The SMILES string of the molecule is O=C(CSc1nc(C2CC2)n(-c2ccccc2)n1)N1CCN(c2cccc[nH+]2)CC1. The van der Waals surface area contributed by atoms with Crippen LogP contribution >= 0.6 is 11.8 Å². The summed E-state index contributed by atoms with van der Waals surface area (Å²) in [6, 6.07) is 16.2. The van der Waals surface area contributed by atoms with Crippen molar-refractivity contribution in [2.24, 2.45) is 0 Å². The molecule has 3 heterocycles. The van der Waals surface area contributed by atoms with Crippen molar-refractivity contribution >= 4 is 23.5 Å². The van der Waals surface area contributed by atoms with Crippen LogP contribution in [0.25, 0.3) is 5.69 Å². The van der Waals surface area contributed by atoms with Crippen molar-refractivity contribution in [3.8, 4) is 5.69 Å². The Kier molecular flexibility index (Phi) is 5.40. The zero-order chi connectivity index (χ0) is 20.3. The predicted molar refractivity (Wildman–Crippen MR) is 116 cm³/mol. The van der Waals surface area contributed by atoms with Gasteiger partial charge in [0.1, 0.15) is 18.9 Å². The number of anilines is 1. The van der Waals surface area contributed by atoms with E-state index in [0.717, 1.165) is 56.4 Å². The lowest BCUT2D eigenvalue weighted by molar-refractivity contribution is -0.364. The molecule has 1 amide bonds. The number of aromatic nitrogens is 4.